The lowest BCUT2D eigenvalue weighted by atomic mass is 10.0. The molecule has 1 aromatic heterocycles. The molecule has 0 amide bonds. The minimum atomic E-state index is -0.218. The highest BCUT2D eigenvalue weighted by Crippen LogP contribution is 2.37. The quantitative estimate of drug-likeness (QED) is 0.441. The SMILES string of the molecule is CCOC(=O)C1C/C(=C(\I)c2ccccc2)[n+]2ccccc21. The van der Waals surface area contributed by atoms with Crippen LogP contribution in [0.25, 0.3) is 9.28 Å². The number of fused-ring (bicyclic) bond motifs is 1. The first-order valence-electron chi connectivity index (χ1n) is 7.34. The lowest BCUT2D eigenvalue weighted by Crippen LogP contribution is -2.32. The van der Waals surface area contributed by atoms with E-state index < -0.39 is 0 Å². The summed E-state index contributed by atoms with van der Waals surface area (Å²) in [6.45, 7) is 2.26. The average molecular weight is 406 g/mol. The van der Waals surface area contributed by atoms with E-state index in [2.05, 4.69) is 39.3 Å². The van der Waals surface area contributed by atoms with Gasteiger partial charge in [0.2, 0.25) is 11.4 Å². The zero-order chi connectivity index (χ0) is 15.5. The first-order valence-corrected chi connectivity index (χ1v) is 8.42. The summed E-state index contributed by atoms with van der Waals surface area (Å²) in [4.78, 5) is 12.3. The molecule has 0 saturated carbocycles. The van der Waals surface area contributed by atoms with Crippen LogP contribution in [0.5, 0.6) is 0 Å². The first-order chi connectivity index (χ1) is 10.7. The summed E-state index contributed by atoms with van der Waals surface area (Å²) in [6.07, 6.45) is 2.70. The molecule has 0 bridgehead atoms. The highest BCUT2D eigenvalue weighted by molar-refractivity contribution is 14.1. The molecule has 1 unspecified atom stereocenters. The Balaban J connectivity index is 2.07. The highest BCUT2D eigenvalue weighted by atomic mass is 127. The van der Waals surface area contributed by atoms with Crippen LogP contribution in [-0.2, 0) is 9.53 Å². The topological polar surface area (TPSA) is 30.2 Å². The summed E-state index contributed by atoms with van der Waals surface area (Å²) in [7, 11) is 0. The molecule has 112 valence electrons. The fourth-order valence-corrected chi connectivity index (χ4v) is 3.62. The molecule has 2 aromatic rings. The molecule has 1 atom stereocenters. The van der Waals surface area contributed by atoms with Crippen molar-refractivity contribution < 1.29 is 14.1 Å². The monoisotopic (exact) mass is 406 g/mol. The minimum Gasteiger partial charge on any atom is -0.465 e. The number of halogens is 1. The molecule has 3 nitrogen and oxygen atoms in total. The summed E-state index contributed by atoms with van der Waals surface area (Å²) in [6, 6.07) is 16.2. The van der Waals surface area contributed by atoms with Gasteiger partial charge in [0.25, 0.3) is 0 Å². The Kier molecular flexibility index (Phi) is 4.57. The van der Waals surface area contributed by atoms with Crippen LogP contribution in [0.1, 0.15) is 30.5 Å². The smallest absolute Gasteiger partial charge is 0.320 e. The van der Waals surface area contributed by atoms with Gasteiger partial charge in [0.15, 0.2) is 12.1 Å². The maximum Gasteiger partial charge on any atom is 0.320 e. The van der Waals surface area contributed by atoms with E-state index in [0.717, 1.165) is 11.4 Å². The molecule has 0 aliphatic carbocycles. The van der Waals surface area contributed by atoms with Gasteiger partial charge in [0.05, 0.1) is 16.6 Å². The molecule has 1 aliphatic rings. The van der Waals surface area contributed by atoms with E-state index >= 15 is 0 Å². The van der Waals surface area contributed by atoms with Gasteiger partial charge in [-0.05, 0) is 35.1 Å². The zero-order valence-corrected chi connectivity index (χ0v) is 14.5. The normalized spacial score (nSPS) is 18.7. The van der Waals surface area contributed by atoms with E-state index in [1.165, 1.54) is 9.14 Å². The van der Waals surface area contributed by atoms with Crippen molar-refractivity contribution in [1.82, 2.24) is 0 Å². The van der Waals surface area contributed by atoms with Gasteiger partial charge >= 0.3 is 5.97 Å². The summed E-state index contributed by atoms with van der Waals surface area (Å²) in [5.41, 5.74) is 3.33. The maximum absolute atomic E-state index is 12.3. The molecule has 0 fully saturated rings. The average Bonchev–Trinajstić information content (AvgIpc) is 2.95. The van der Waals surface area contributed by atoms with E-state index in [9.17, 15) is 4.79 Å². The van der Waals surface area contributed by atoms with Crippen LogP contribution in [0.4, 0.5) is 0 Å². The van der Waals surface area contributed by atoms with E-state index in [-0.39, 0.29) is 11.9 Å². The van der Waals surface area contributed by atoms with E-state index in [1.54, 1.807) is 0 Å². The van der Waals surface area contributed by atoms with Crippen molar-refractivity contribution in [3.63, 3.8) is 0 Å². The molecule has 0 saturated heterocycles. The summed E-state index contributed by atoms with van der Waals surface area (Å²) in [5.74, 6) is -0.362. The molecule has 22 heavy (non-hydrogen) atoms. The fourth-order valence-electron chi connectivity index (χ4n) is 2.78. The number of rotatable bonds is 3. The van der Waals surface area contributed by atoms with Crippen LogP contribution in [0.2, 0.25) is 0 Å². The third-order valence-corrected chi connectivity index (χ3v) is 5.03. The lowest BCUT2D eigenvalue weighted by Gasteiger charge is -2.04. The third-order valence-electron chi connectivity index (χ3n) is 3.79. The van der Waals surface area contributed by atoms with Crippen LogP contribution < -0.4 is 4.57 Å². The largest absolute Gasteiger partial charge is 0.465 e. The van der Waals surface area contributed by atoms with Crippen LogP contribution >= 0.6 is 22.6 Å². The van der Waals surface area contributed by atoms with Crippen LogP contribution in [-0.4, -0.2) is 12.6 Å². The fraction of sp³-hybridized carbons (Fsp3) is 0.222. The van der Waals surface area contributed by atoms with Crippen LogP contribution in [0.15, 0.2) is 54.7 Å². The van der Waals surface area contributed by atoms with Gasteiger partial charge in [0.1, 0.15) is 0 Å². The van der Waals surface area contributed by atoms with Gasteiger partial charge < -0.3 is 4.74 Å². The molecular formula is C18H17INO2+. The number of hydrogen-bond acceptors (Lipinski definition) is 2. The third kappa shape index (κ3) is 2.79. The number of allylic oxidation sites excluding steroid dienone is 1. The molecule has 0 radical (unpaired) electrons. The van der Waals surface area contributed by atoms with E-state index in [1.807, 2.05) is 49.5 Å². The standard InChI is InChI=1S/C18H17INO2/c1-2-22-18(21)14-12-16(20-11-7-6-10-15(14)20)17(19)13-8-4-3-5-9-13/h3-11,14H,2,12H2,1H3/q+1/b17-16+. The van der Waals surface area contributed by atoms with Gasteiger partial charge in [-0.15, -0.1) is 0 Å². The van der Waals surface area contributed by atoms with Gasteiger partial charge in [0, 0.05) is 12.1 Å². The summed E-state index contributed by atoms with van der Waals surface area (Å²) >= 11 is 2.37. The van der Waals surface area contributed by atoms with Crippen molar-refractivity contribution in [2.24, 2.45) is 0 Å². The molecule has 1 aliphatic heterocycles. The molecular weight excluding hydrogens is 389 g/mol. The van der Waals surface area contributed by atoms with Crippen molar-refractivity contribution in [1.29, 1.82) is 0 Å². The van der Waals surface area contributed by atoms with E-state index in [4.69, 9.17) is 4.74 Å². The highest BCUT2D eigenvalue weighted by Gasteiger charge is 2.41. The second-order valence-electron chi connectivity index (χ2n) is 5.13. The number of carbonyl (C=O) groups is 1. The minimum absolute atomic E-state index is 0.144. The number of esters is 1. The Morgan fingerprint density at radius 3 is 2.68 bits per heavy atom. The Morgan fingerprint density at radius 2 is 1.95 bits per heavy atom. The molecule has 1 aromatic carbocycles. The molecule has 4 heteroatoms. The number of pyridine rings is 1. The molecule has 0 N–H and O–H groups in total. The Labute approximate surface area is 143 Å². The number of carbonyl (C=O) groups excluding carboxylic acids is 1. The summed E-state index contributed by atoms with van der Waals surface area (Å²) < 4.78 is 8.53. The lowest BCUT2D eigenvalue weighted by molar-refractivity contribution is -0.581. The van der Waals surface area contributed by atoms with E-state index in [0.29, 0.717) is 13.0 Å². The number of benzene rings is 1. The number of nitrogens with zero attached hydrogens (tertiary/aromatic N) is 1. The predicted octanol–water partition coefficient (Wildman–Crippen LogP) is 3.79. The molecule has 0 spiro atoms. The summed E-state index contributed by atoms with van der Waals surface area (Å²) in [5, 5.41) is 0. The molecule has 3 rings (SSSR count). The van der Waals surface area contributed by atoms with Crippen molar-refractivity contribution in [2.75, 3.05) is 6.61 Å². The van der Waals surface area contributed by atoms with Crippen molar-refractivity contribution in [3.8, 4) is 0 Å². The van der Waals surface area contributed by atoms with Crippen molar-refractivity contribution in [2.45, 2.75) is 19.3 Å². The zero-order valence-electron chi connectivity index (χ0n) is 12.3. The van der Waals surface area contributed by atoms with Gasteiger partial charge in [-0.3, -0.25) is 4.79 Å². The van der Waals surface area contributed by atoms with Gasteiger partial charge in [-0.2, -0.15) is 4.57 Å². The second-order valence-corrected chi connectivity index (χ2v) is 6.21. The van der Waals surface area contributed by atoms with Crippen molar-refractivity contribution in [3.05, 3.63) is 66.0 Å². The van der Waals surface area contributed by atoms with Crippen LogP contribution in [0.3, 0.4) is 0 Å². The number of ether oxygens (including phenoxy) is 1. The maximum atomic E-state index is 12.3. The van der Waals surface area contributed by atoms with Crippen molar-refractivity contribution >= 4 is 37.8 Å². The Morgan fingerprint density at radius 1 is 1.23 bits per heavy atom. The van der Waals surface area contributed by atoms with Gasteiger partial charge in [-0.1, -0.05) is 36.4 Å². The second kappa shape index (κ2) is 6.60. The van der Waals surface area contributed by atoms with Gasteiger partial charge in [-0.25, -0.2) is 0 Å². The number of aromatic nitrogens is 1. The molecule has 2 heterocycles. The van der Waals surface area contributed by atoms with Crippen LogP contribution in [0, 0.1) is 0 Å². The number of hydrogen-bond donors (Lipinski definition) is 0. The predicted molar refractivity (Wildman–Crippen MR) is 94.2 cm³/mol. The first kappa shape index (κ1) is 15.2. The Bertz CT molecular complexity index is 725. The Hall–Kier alpha value is -1.69.